The average Bonchev–Trinajstić information content (AvgIpc) is 3.21. The highest BCUT2D eigenvalue weighted by Gasteiger charge is 2.23. The van der Waals surface area contributed by atoms with Crippen molar-refractivity contribution in [3.8, 4) is 11.5 Å². The number of nitrogens with zero attached hydrogens (tertiary/aromatic N) is 1. The largest absolute Gasteiger partial charge is 0.457 e. The number of carbonyl (C=O) groups excluding carboxylic acids is 2. The van der Waals surface area contributed by atoms with Crippen molar-refractivity contribution in [2.45, 2.75) is 6.61 Å². The monoisotopic (exact) mass is 327 g/mol. The minimum atomic E-state index is -0.321. The third-order valence-corrected chi connectivity index (χ3v) is 3.67. The van der Waals surface area contributed by atoms with Gasteiger partial charge in [0, 0.05) is 17.2 Å². The van der Waals surface area contributed by atoms with E-state index in [0.29, 0.717) is 22.9 Å². The van der Waals surface area contributed by atoms with Gasteiger partial charge in [-0.05, 0) is 30.4 Å². The standard InChI is InChI=1S/C15H9N3O4S/c19-12-11(17-15(23)18-12)4-9-5-16-13(22-9)7-1-2-10-8(3-7)6-21-14(10)20/h1-5H,6H2,(H2,17,18,19,23)/b11-4-. The summed E-state index contributed by atoms with van der Waals surface area (Å²) in [5.74, 6) is 0.162. The second kappa shape index (κ2) is 5.03. The zero-order chi connectivity index (χ0) is 16.0. The molecular formula is C15H9N3O4S. The number of oxazole rings is 1. The highest BCUT2D eigenvalue weighted by atomic mass is 32.1. The molecule has 1 aromatic carbocycles. The molecule has 0 aliphatic carbocycles. The molecule has 7 nitrogen and oxygen atoms in total. The number of hydrogen-bond acceptors (Lipinski definition) is 6. The van der Waals surface area contributed by atoms with E-state index in [2.05, 4.69) is 15.6 Å². The lowest BCUT2D eigenvalue weighted by atomic mass is 10.1. The number of rotatable bonds is 2. The van der Waals surface area contributed by atoms with E-state index in [1.54, 1.807) is 18.2 Å². The van der Waals surface area contributed by atoms with Crippen LogP contribution in [0.1, 0.15) is 21.7 Å². The van der Waals surface area contributed by atoms with Crippen LogP contribution in [0.25, 0.3) is 17.5 Å². The van der Waals surface area contributed by atoms with Gasteiger partial charge in [-0.15, -0.1) is 0 Å². The highest BCUT2D eigenvalue weighted by molar-refractivity contribution is 7.80. The Balaban J connectivity index is 1.64. The quantitative estimate of drug-likeness (QED) is 0.488. The number of esters is 1. The second-order valence-corrected chi connectivity index (χ2v) is 5.39. The maximum Gasteiger partial charge on any atom is 0.338 e. The number of benzene rings is 1. The molecule has 1 saturated heterocycles. The van der Waals surface area contributed by atoms with Crippen molar-refractivity contribution in [1.82, 2.24) is 15.6 Å². The Bertz CT molecular complexity index is 900. The molecule has 114 valence electrons. The van der Waals surface area contributed by atoms with E-state index >= 15 is 0 Å². The number of thiocarbonyl (C=S) groups is 1. The second-order valence-electron chi connectivity index (χ2n) is 4.98. The summed E-state index contributed by atoms with van der Waals surface area (Å²) in [6.45, 7) is 0.251. The molecule has 0 saturated carbocycles. The first-order valence-corrected chi connectivity index (χ1v) is 7.11. The van der Waals surface area contributed by atoms with Gasteiger partial charge in [0.05, 0.1) is 11.8 Å². The zero-order valence-corrected chi connectivity index (χ0v) is 12.4. The van der Waals surface area contributed by atoms with Gasteiger partial charge < -0.3 is 14.5 Å². The smallest absolute Gasteiger partial charge is 0.338 e. The number of hydrogen-bond donors (Lipinski definition) is 2. The molecule has 1 aromatic heterocycles. The fraction of sp³-hybridized carbons (Fsp3) is 0.0667. The van der Waals surface area contributed by atoms with Crippen LogP contribution in [0.5, 0.6) is 0 Å². The molecule has 0 radical (unpaired) electrons. The van der Waals surface area contributed by atoms with Crippen LogP contribution in [-0.4, -0.2) is 22.0 Å². The van der Waals surface area contributed by atoms with Gasteiger partial charge in [-0.2, -0.15) is 0 Å². The van der Waals surface area contributed by atoms with Gasteiger partial charge in [0.25, 0.3) is 5.91 Å². The molecule has 2 aliphatic rings. The highest BCUT2D eigenvalue weighted by Crippen LogP contribution is 2.27. The van der Waals surface area contributed by atoms with Crippen LogP contribution < -0.4 is 10.6 Å². The fourth-order valence-electron chi connectivity index (χ4n) is 2.38. The van der Waals surface area contributed by atoms with E-state index in [1.165, 1.54) is 12.3 Å². The lowest BCUT2D eigenvalue weighted by molar-refractivity contribution is -0.115. The van der Waals surface area contributed by atoms with Gasteiger partial charge in [0.2, 0.25) is 5.89 Å². The third kappa shape index (κ3) is 2.38. The van der Waals surface area contributed by atoms with Crippen molar-refractivity contribution in [2.75, 3.05) is 0 Å². The molecule has 1 fully saturated rings. The molecule has 0 bridgehead atoms. The van der Waals surface area contributed by atoms with E-state index in [9.17, 15) is 9.59 Å². The lowest BCUT2D eigenvalue weighted by Gasteiger charge is -1.98. The van der Waals surface area contributed by atoms with E-state index in [0.717, 1.165) is 11.1 Å². The topological polar surface area (TPSA) is 93.5 Å². The maximum absolute atomic E-state index is 11.6. The Hall–Kier alpha value is -3.00. The van der Waals surface area contributed by atoms with Crippen LogP contribution in [0, 0.1) is 0 Å². The molecule has 0 spiro atoms. The van der Waals surface area contributed by atoms with Crippen molar-refractivity contribution in [3.63, 3.8) is 0 Å². The number of nitrogens with one attached hydrogen (secondary N) is 2. The normalized spacial score (nSPS) is 17.9. The number of fused-ring (bicyclic) bond motifs is 1. The van der Waals surface area contributed by atoms with Crippen molar-refractivity contribution in [3.05, 3.63) is 47.0 Å². The van der Waals surface area contributed by atoms with Crippen LogP contribution in [0.2, 0.25) is 0 Å². The number of aromatic nitrogens is 1. The van der Waals surface area contributed by atoms with Crippen molar-refractivity contribution < 1.29 is 18.7 Å². The Kier molecular flexibility index (Phi) is 2.98. The van der Waals surface area contributed by atoms with Crippen LogP contribution in [0.4, 0.5) is 0 Å². The summed E-state index contributed by atoms with van der Waals surface area (Å²) >= 11 is 4.86. The molecule has 0 unspecified atom stereocenters. The van der Waals surface area contributed by atoms with Crippen LogP contribution in [-0.2, 0) is 16.1 Å². The molecule has 2 aromatic rings. The van der Waals surface area contributed by atoms with Crippen LogP contribution in [0.3, 0.4) is 0 Å². The van der Waals surface area contributed by atoms with Gasteiger partial charge >= 0.3 is 5.97 Å². The van der Waals surface area contributed by atoms with Crippen LogP contribution >= 0.6 is 12.2 Å². The van der Waals surface area contributed by atoms with Gasteiger partial charge in [-0.3, -0.25) is 10.1 Å². The van der Waals surface area contributed by atoms with Gasteiger partial charge in [-0.25, -0.2) is 9.78 Å². The van der Waals surface area contributed by atoms with Crippen molar-refractivity contribution in [2.24, 2.45) is 0 Å². The minimum absolute atomic E-state index is 0.251. The first-order valence-electron chi connectivity index (χ1n) is 6.70. The zero-order valence-electron chi connectivity index (χ0n) is 11.6. The maximum atomic E-state index is 11.6. The third-order valence-electron chi connectivity index (χ3n) is 3.46. The first kappa shape index (κ1) is 13.6. The average molecular weight is 327 g/mol. The molecule has 0 atom stereocenters. The summed E-state index contributed by atoms with van der Waals surface area (Å²) in [7, 11) is 0. The van der Waals surface area contributed by atoms with E-state index in [1.807, 2.05) is 0 Å². The molecule has 23 heavy (non-hydrogen) atoms. The number of amides is 1. The molecule has 8 heteroatoms. The summed E-state index contributed by atoms with van der Waals surface area (Å²) in [6.07, 6.45) is 3.03. The fourth-order valence-corrected chi connectivity index (χ4v) is 2.58. The summed E-state index contributed by atoms with van der Waals surface area (Å²) in [5, 5.41) is 5.45. The predicted octanol–water partition coefficient (Wildman–Crippen LogP) is 1.36. The Morgan fingerprint density at radius 2 is 2.13 bits per heavy atom. The van der Waals surface area contributed by atoms with Gasteiger partial charge in [-0.1, -0.05) is 0 Å². The van der Waals surface area contributed by atoms with E-state index < -0.39 is 0 Å². The van der Waals surface area contributed by atoms with E-state index in [-0.39, 0.29) is 23.6 Å². The number of carbonyl (C=O) groups is 2. The van der Waals surface area contributed by atoms with Crippen LogP contribution in [0.15, 0.2) is 34.5 Å². The predicted molar refractivity (Wildman–Crippen MR) is 82.9 cm³/mol. The Morgan fingerprint density at radius 1 is 1.26 bits per heavy atom. The molecule has 4 rings (SSSR count). The Morgan fingerprint density at radius 3 is 2.91 bits per heavy atom. The van der Waals surface area contributed by atoms with Gasteiger partial charge in [0.15, 0.2) is 5.11 Å². The number of ether oxygens (including phenoxy) is 1. The first-order chi connectivity index (χ1) is 11.1. The van der Waals surface area contributed by atoms with E-state index in [4.69, 9.17) is 21.4 Å². The Labute approximate surface area is 135 Å². The summed E-state index contributed by atoms with van der Waals surface area (Å²) in [6, 6.07) is 5.23. The SMILES string of the molecule is O=C1NC(=S)N/C1=C\c1cnc(-c2ccc3c(c2)COC3=O)o1. The molecule has 2 aliphatic heterocycles. The number of cyclic esters (lactones) is 1. The summed E-state index contributed by atoms with van der Waals surface area (Å²) in [5.41, 5.74) is 2.38. The summed E-state index contributed by atoms with van der Waals surface area (Å²) in [4.78, 5) is 27.2. The van der Waals surface area contributed by atoms with Crippen molar-refractivity contribution in [1.29, 1.82) is 0 Å². The minimum Gasteiger partial charge on any atom is -0.457 e. The van der Waals surface area contributed by atoms with Crippen molar-refractivity contribution >= 4 is 35.3 Å². The lowest BCUT2D eigenvalue weighted by Crippen LogP contribution is -2.21. The molecule has 1 amide bonds. The molecule has 2 N–H and O–H groups in total. The van der Waals surface area contributed by atoms with Gasteiger partial charge in [0.1, 0.15) is 18.1 Å². The molecule has 3 heterocycles. The molecular weight excluding hydrogens is 318 g/mol. The summed E-state index contributed by atoms with van der Waals surface area (Å²) < 4.78 is 10.6.